The maximum Gasteiger partial charge on any atom is 0.323 e. The van der Waals surface area contributed by atoms with E-state index in [0.717, 1.165) is 21.5 Å². The van der Waals surface area contributed by atoms with Gasteiger partial charge in [-0.2, -0.15) is 5.10 Å². The van der Waals surface area contributed by atoms with Crippen LogP contribution in [-0.4, -0.2) is 25.7 Å². The summed E-state index contributed by atoms with van der Waals surface area (Å²) >= 11 is 3.52. The summed E-state index contributed by atoms with van der Waals surface area (Å²) in [5.41, 5.74) is 4.98. The second kappa shape index (κ2) is 6.55. The van der Waals surface area contributed by atoms with Crippen molar-refractivity contribution in [2.45, 2.75) is 13.8 Å². The second-order valence-electron chi connectivity index (χ2n) is 6.24. The number of hydrogen-bond donors (Lipinski definition) is 3. The van der Waals surface area contributed by atoms with Crippen LogP contribution in [0.4, 0.5) is 5.69 Å². The maximum absolute atomic E-state index is 12.5. The molecule has 0 unspecified atom stereocenters. The molecule has 0 aliphatic heterocycles. The van der Waals surface area contributed by atoms with Crippen molar-refractivity contribution >= 4 is 38.6 Å². The number of anilines is 1. The molecule has 2 heterocycles. The molecule has 2 aromatic carbocycles. The predicted molar refractivity (Wildman–Crippen MR) is 108 cm³/mol. The molecule has 0 saturated carbocycles. The molecule has 0 fully saturated rings. The molecule has 0 atom stereocenters. The molecule has 8 heteroatoms. The summed E-state index contributed by atoms with van der Waals surface area (Å²) in [6.45, 7) is 3.91. The number of fused-ring (bicyclic) bond motifs is 1. The number of imidazole rings is 1. The molecule has 0 aliphatic carbocycles. The molecule has 2 aromatic heterocycles. The Balaban J connectivity index is 1.56. The topological polar surface area (TPSA) is 95.6 Å². The van der Waals surface area contributed by atoms with Crippen molar-refractivity contribution in [3.63, 3.8) is 0 Å². The van der Waals surface area contributed by atoms with Gasteiger partial charge >= 0.3 is 5.69 Å². The molecule has 0 radical (unpaired) electrons. The SMILES string of the molecule is Cc1nn(-c2ccc(C(=O)Nc3ccc4[nH]c(=O)[nH]c4c3)cc2)c(C)c1Br. The zero-order chi connectivity index (χ0) is 19.1. The van der Waals surface area contributed by atoms with Gasteiger partial charge in [-0.05, 0) is 72.2 Å². The Morgan fingerprint density at radius 1 is 1.07 bits per heavy atom. The normalized spacial score (nSPS) is 11.1. The first-order valence-electron chi connectivity index (χ1n) is 8.28. The minimum Gasteiger partial charge on any atom is -0.322 e. The van der Waals surface area contributed by atoms with Gasteiger partial charge < -0.3 is 15.3 Å². The van der Waals surface area contributed by atoms with E-state index in [-0.39, 0.29) is 11.6 Å². The Kier molecular flexibility index (Phi) is 4.19. The molecule has 7 nitrogen and oxygen atoms in total. The minimum absolute atomic E-state index is 0.228. The molecule has 27 heavy (non-hydrogen) atoms. The summed E-state index contributed by atoms with van der Waals surface area (Å²) in [4.78, 5) is 29.2. The highest BCUT2D eigenvalue weighted by Gasteiger charge is 2.12. The number of nitrogens with zero attached hydrogens (tertiary/aromatic N) is 2. The van der Waals surface area contributed by atoms with E-state index in [1.807, 2.05) is 30.7 Å². The molecular formula is C19H16BrN5O2. The van der Waals surface area contributed by atoms with Gasteiger partial charge in [0.1, 0.15) is 0 Å². The van der Waals surface area contributed by atoms with Gasteiger partial charge in [-0.1, -0.05) is 0 Å². The van der Waals surface area contributed by atoms with Crippen LogP contribution in [0.25, 0.3) is 16.7 Å². The van der Waals surface area contributed by atoms with Crippen molar-refractivity contribution in [2.75, 3.05) is 5.32 Å². The van der Waals surface area contributed by atoms with Crippen LogP contribution >= 0.6 is 15.9 Å². The van der Waals surface area contributed by atoms with E-state index in [0.29, 0.717) is 22.3 Å². The fourth-order valence-corrected chi connectivity index (χ4v) is 3.19. The fraction of sp³-hybridized carbons (Fsp3) is 0.105. The van der Waals surface area contributed by atoms with E-state index in [9.17, 15) is 9.59 Å². The van der Waals surface area contributed by atoms with Crippen LogP contribution in [0.5, 0.6) is 0 Å². The van der Waals surface area contributed by atoms with Crippen LogP contribution < -0.4 is 11.0 Å². The van der Waals surface area contributed by atoms with E-state index in [2.05, 4.69) is 36.3 Å². The summed E-state index contributed by atoms with van der Waals surface area (Å²) in [7, 11) is 0. The average Bonchev–Trinajstić information content (AvgIpc) is 3.15. The lowest BCUT2D eigenvalue weighted by atomic mass is 10.2. The van der Waals surface area contributed by atoms with Gasteiger partial charge in [-0.15, -0.1) is 0 Å². The highest BCUT2D eigenvalue weighted by Crippen LogP contribution is 2.23. The molecule has 0 bridgehead atoms. The summed E-state index contributed by atoms with van der Waals surface area (Å²) < 4.78 is 2.81. The quantitative estimate of drug-likeness (QED) is 0.467. The standard InChI is InChI=1S/C19H16BrN5O2/c1-10-17(20)11(2)25(24-10)14-6-3-12(4-7-14)18(26)21-13-5-8-15-16(9-13)23-19(27)22-15/h3-9H,1-2H3,(H,21,26)(H2,22,23,27). The molecule has 136 valence electrons. The average molecular weight is 426 g/mol. The predicted octanol–water partition coefficient (Wildman–Crippen LogP) is 3.67. The highest BCUT2D eigenvalue weighted by molar-refractivity contribution is 9.10. The van der Waals surface area contributed by atoms with Crippen molar-refractivity contribution < 1.29 is 4.79 Å². The number of halogens is 1. The van der Waals surface area contributed by atoms with E-state index in [1.54, 1.807) is 30.3 Å². The fourth-order valence-electron chi connectivity index (χ4n) is 2.94. The lowest BCUT2D eigenvalue weighted by Crippen LogP contribution is -2.12. The van der Waals surface area contributed by atoms with Gasteiger partial charge in [0.2, 0.25) is 0 Å². The second-order valence-corrected chi connectivity index (χ2v) is 7.03. The van der Waals surface area contributed by atoms with E-state index in [4.69, 9.17) is 0 Å². The number of benzene rings is 2. The lowest BCUT2D eigenvalue weighted by Gasteiger charge is -2.08. The largest absolute Gasteiger partial charge is 0.323 e. The van der Waals surface area contributed by atoms with Crippen molar-refractivity contribution in [3.8, 4) is 5.69 Å². The van der Waals surface area contributed by atoms with Gasteiger partial charge in [0.25, 0.3) is 5.91 Å². The Morgan fingerprint density at radius 2 is 1.78 bits per heavy atom. The van der Waals surface area contributed by atoms with Crippen LogP contribution in [0.1, 0.15) is 21.7 Å². The molecular weight excluding hydrogens is 410 g/mol. The molecule has 4 rings (SSSR count). The number of carbonyl (C=O) groups excluding carboxylic acids is 1. The third-order valence-corrected chi connectivity index (χ3v) is 5.50. The van der Waals surface area contributed by atoms with Crippen LogP contribution in [0.3, 0.4) is 0 Å². The summed E-state index contributed by atoms with van der Waals surface area (Å²) in [5, 5.41) is 7.33. The monoisotopic (exact) mass is 425 g/mol. The number of rotatable bonds is 3. The Labute approximate surface area is 162 Å². The van der Waals surface area contributed by atoms with Gasteiger partial charge in [-0.3, -0.25) is 4.79 Å². The smallest absolute Gasteiger partial charge is 0.322 e. The van der Waals surface area contributed by atoms with Crippen molar-refractivity contribution in [2.24, 2.45) is 0 Å². The molecule has 0 spiro atoms. The van der Waals surface area contributed by atoms with Crippen LogP contribution in [-0.2, 0) is 0 Å². The Bertz CT molecular complexity index is 1220. The molecule has 3 N–H and O–H groups in total. The first-order chi connectivity index (χ1) is 12.9. The summed E-state index contributed by atoms with van der Waals surface area (Å²) in [6.07, 6.45) is 0. The maximum atomic E-state index is 12.5. The van der Waals surface area contributed by atoms with Crippen LogP contribution in [0.2, 0.25) is 0 Å². The first-order valence-corrected chi connectivity index (χ1v) is 9.07. The van der Waals surface area contributed by atoms with Gasteiger partial charge in [-0.25, -0.2) is 9.48 Å². The molecule has 0 aliphatic rings. The Hall–Kier alpha value is -3.13. The number of hydrogen-bond acceptors (Lipinski definition) is 3. The van der Waals surface area contributed by atoms with Crippen LogP contribution in [0.15, 0.2) is 51.7 Å². The number of H-pyrrole nitrogens is 2. The van der Waals surface area contributed by atoms with Gasteiger partial charge in [0.05, 0.1) is 32.6 Å². The number of amides is 1. The number of carbonyl (C=O) groups is 1. The summed E-state index contributed by atoms with van der Waals surface area (Å²) in [6, 6.07) is 12.4. The highest BCUT2D eigenvalue weighted by atomic mass is 79.9. The molecule has 4 aromatic rings. The summed E-state index contributed by atoms with van der Waals surface area (Å²) in [5.74, 6) is -0.228. The molecule has 0 saturated heterocycles. The van der Waals surface area contributed by atoms with Crippen molar-refractivity contribution in [3.05, 3.63) is 74.4 Å². The third-order valence-electron chi connectivity index (χ3n) is 4.35. The lowest BCUT2D eigenvalue weighted by molar-refractivity contribution is 0.102. The zero-order valence-corrected chi connectivity index (χ0v) is 16.2. The van der Waals surface area contributed by atoms with E-state index >= 15 is 0 Å². The zero-order valence-electron chi connectivity index (χ0n) is 14.6. The van der Waals surface area contributed by atoms with E-state index < -0.39 is 0 Å². The van der Waals surface area contributed by atoms with Gasteiger partial charge in [0, 0.05) is 11.3 Å². The van der Waals surface area contributed by atoms with E-state index in [1.165, 1.54) is 0 Å². The van der Waals surface area contributed by atoms with Crippen molar-refractivity contribution in [1.29, 1.82) is 0 Å². The van der Waals surface area contributed by atoms with Crippen LogP contribution in [0, 0.1) is 13.8 Å². The number of aromatic amines is 2. The number of aromatic nitrogens is 4. The minimum atomic E-state index is -0.278. The first kappa shape index (κ1) is 17.3. The number of aryl methyl sites for hydroxylation is 1. The van der Waals surface area contributed by atoms with Crippen molar-refractivity contribution in [1.82, 2.24) is 19.7 Å². The molecule has 1 amide bonds. The van der Waals surface area contributed by atoms with Gasteiger partial charge in [0.15, 0.2) is 0 Å². The third kappa shape index (κ3) is 3.19. The number of nitrogens with one attached hydrogen (secondary N) is 3. The Morgan fingerprint density at radius 3 is 2.44 bits per heavy atom.